The molecule has 1 aromatic heterocycles. The highest BCUT2D eigenvalue weighted by molar-refractivity contribution is 6.17. The van der Waals surface area contributed by atoms with Gasteiger partial charge in [0, 0.05) is 29.5 Å². The van der Waals surface area contributed by atoms with Crippen molar-refractivity contribution in [3.05, 3.63) is 36.0 Å². The average Bonchev–Trinajstić information content (AvgIpc) is 3.06. The predicted octanol–water partition coefficient (Wildman–Crippen LogP) is 3.81. The maximum absolute atomic E-state index is 12.8. The van der Waals surface area contributed by atoms with E-state index >= 15 is 0 Å². The van der Waals surface area contributed by atoms with E-state index in [4.69, 9.17) is 16.3 Å². The van der Waals surface area contributed by atoms with Gasteiger partial charge in [0.2, 0.25) is 5.91 Å². The third-order valence-corrected chi connectivity index (χ3v) is 5.06. The van der Waals surface area contributed by atoms with Crippen molar-refractivity contribution in [1.29, 1.82) is 0 Å². The predicted molar refractivity (Wildman–Crippen MR) is 104 cm³/mol. The van der Waals surface area contributed by atoms with Crippen LogP contribution in [-0.2, 0) is 20.7 Å². The van der Waals surface area contributed by atoms with Crippen molar-refractivity contribution in [2.45, 2.75) is 39.5 Å². The number of nitrogens with one attached hydrogen (secondary N) is 2. The Morgan fingerprint density at radius 2 is 2.04 bits per heavy atom. The first-order chi connectivity index (χ1) is 12.6. The number of aromatic amines is 1. The van der Waals surface area contributed by atoms with E-state index in [1.165, 1.54) is 0 Å². The number of esters is 1. The van der Waals surface area contributed by atoms with E-state index in [0.29, 0.717) is 38.1 Å². The lowest BCUT2D eigenvalue weighted by Crippen LogP contribution is -2.47. The second kappa shape index (κ2) is 9.62. The Hall–Kier alpha value is -2.01. The van der Waals surface area contributed by atoms with Crippen LogP contribution in [0.25, 0.3) is 10.9 Å². The molecule has 0 saturated carbocycles. The van der Waals surface area contributed by atoms with Crippen LogP contribution in [0.5, 0.6) is 0 Å². The van der Waals surface area contributed by atoms with Gasteiger partial charge in [-0.3, -0.25) is 9.59 Å². The highest BCUT2D eigenvalue weighted by Gasteiger charge is 2.44. The fourth-order valence-electron chi connectivity index (χ4n) is 3.25. The Balaban J connectivity index is 2.05. The summed E-state index contributed by atoms with van der Waals surface area (Å²) >= 11 is 5.79. The summed E-state index contributed by atoms with van der Waals surface area (Å²) in [5.74, 6) is -0.329. The SMILES string of the molecule is CCOC(=O)C(CC)(CCCCl)C(=O)NCCc1c[nH]c2ccccc12. The monoisotopic (exact) mass is 378 g/mol. The van der Waals surface area contributed by atoms with Crippen LogP contribution >= 0.6 is 11.6 Å². The van der Waals surface area contributed by atoms with Crippen molar-refractivity contribution in [1.82, 2.24) is 10.3 Å². The van der Waals surface area contributed by atoms with E-state index < -0.39 is 11.4 Å². The number of amides is 1. The summed E-state index contributed by atoms with van der Waals surface area (Å²) in [7, 11) is 0. The molecule has 0 aliphatic rings. The number of carbonyl (C=O) groups excluding carboxylic acids is 2. The molecule has 142 valence electrons. The van der Waals surface area contributed by atoms with Crippen LogP contribution in [0.1, 0.15) is 38.7 Å². The molecule has 26 heavy (non-hydrogen) atoms. The first-order valence-electron chi connectivity index (χ1n) is 9.15. The fraction of sp³-hybridized carbons (Fsp3) is 0.500. The smallest absolute Gasteiger partial charge is 0.321 e. The van der Waals surface area contributed by atoms with Gasteiger partial charge in [0.25, 0.3) is 0 Å². The molecule has 0 spiro atoms. The van der Waals surface area contributed by atoms with Crippen molar-refractivity contribution in [2.75, 3.05) is 19.0 Å². The van der Waals surface area contributed by atoms with Gasteiger partial charge in [-0.05, 0) is 44.2 Å². The maximum atomic E-state index is 12.8. The lowest BCUT2D eigenvalue weighted by molar-refractivity contribution is -0.162. The van der Waals surface area contributed by atoms with Crippen molar-refractivity contribution >= 4 is 34.4 Å². The highest BCUT2D eigenvalue weighted by atomic mass is 35.5. The molecule has 0 fully saturated rings. The quantitative estimate of drug-likeness (QED) is 0.375. The summed E-state index contributed by atoms with van der Waals surface area (Å²) in [6.07, 6.45) is 4.02. The molecular weight excluding hydrogens is 352 g/mol. The molecule has 2 rings (SSSR count). The topological polar surface area (TPSA) is 71.2 Å². The van der Waals surface area contributed by atoms with Crippen LogP contribution < -0.4 is 5.32 Å². The molecule has 0 radical (unpaired) electrons. The first kappa shape index (κ1) is 20.3. The van der Waals surface area contributed by atoms with Crippen molar-refractivity contribution in [3.8, 4) is 0 Å². The standard InChI is InChI=1S/C20H27ClN2O3/c1-3-20(11-7-12-21,19(25)26-4-2)18(24)22-13-10-15-14-23-17-9-6-5-8-16(15)17/h5-6,8-9,14,23H,3-4,7,10-13H2,1-2H3,(H,22,24). The molecule has 1 aromatic carbocycles. The molecule has 1 unspecified atom stereocenters. The number of aromatic nitrogens is 1. The lowest BCUT2D eigenvalue weighted by Gasteiger charge is -2.28. The van der Waals surface area contributed by atoms with Gasteiger partial charge >= 0.3 is 5.97 Å². The number of rotatable bonds is 10. The molecule has 2 aromatic rings. The minimum atomic E-state index is -1.16. The third kappa shape index (κ3) is 4.39. The first-order valence-corrected chi connectivity index (χ1v) is 9.69. The van der Waals surface area contributed by atoms with E-state index in [1.54, 1.807) is 6.92 Å². The average molecular weight is 379 g/mol. The van der Waals surface area contributed by atoms with E-state index in [1.807, 2.05) is 31.3 Å². The van der Waals surface area contributed by atoms with Crippen LogP contribution in [0.3, 0.4) is 0 Å². The van der Waals surface area contributed by atoms with Crippen LogP contribution in [0, 0.1) is 5.41 Å². The van der Waals surface area contributed by atoms with Crippen molar-refractivity contribution in [3.63, 3.8) is 0 Å². The van der Waals surface area contributed by atoms with Gasteiger partial charge in [-0.15, -0.1) is 11.6 Å². The molecule has 2 N–H and O–H groups in total. The van der Waals surface area contributed by atoms with E-state index in [0.717, 1.165) is 16.5 Å². The van der Waals surface area contributed by atoms with E-state index in [9.17, 15) is 9.59 Å². The Labute approximate surface area is 159 Å². The minimum absolute atomic E-state index is 0.254. The maximum Gasteiger partial charge on any atom is 0.321 e. The zero-order valence-corrected chi connectivity index (χ0v) is 16.2. The molecule has 0 aliphatic heterocycles. The highest BCUT2D eigenvalue weighted by Crippen LogP contribution is 2.31. The number of benzene rings is 1. The van der Waals surface area contributed by atoms with Gasteiger partial charge < -0.3 is 15.0 Å². The van der Waals surface area contributed by atoms with Gasteiger partial charge in [-0.2, -0.15) is 0 Å². The van der Waals surface area contributed by atoms with Crippen LogP contribution in [0.2, 0.25) is 0 Å². The molecule has 1 atom stereocenters. The number of H-pyrrole nitrogens is 1. The summed E-state index contributed by atoms with van der Waals surface area (Å²) < 4.78 is 5.18. The Morgan fingerprint density at radius 1 is 1.27 bits per heavy atom. The Bertz CT molecular complexity index is 743. The number of alkyl halides is 1. The second-order valence-corrected chi connectivity index (χ2v) is 6.69. The van der Waals surface area contributed by atoms with E-state index in [2.05, 4.69) is 16.4 Å². The molecule has 1 amide bonds. The number of hydrogen-bond acceptors (Lipinski definition) is 3. The fourth-order valence-corrected chi connectivity index (χ4v) is 3.38. The van der Waals surface area contributed by atoms with Crippen LogP contribution in [0.4, 0.5) is 0 Å². The molecule has 0 bridgehead atoms. The molecule has 0 aliphatic carbocycles. The second-order valence-electron chi connectivity index (χ2n) is 6.31. The summed E-state index contributed by atoms with van der Waals surface area (Å²) in [5.41, 5.74) is 1.05. The van der Waals surface area contributed by atoms with E-state index in [-0.39, 0.29) is 12.5 Å². The summed E-state index contributed by atoms with van der Waals surface area (Å²) in [6, 6.07) is 8.05. The summed E-state index contributed by atoms with van der Waals surface area (Å²) in [6.45, 7) is 4.30. The van der Waals surface area contributed by atoms with Crippen molar-refractivity contribution in [2.24, 2.45) is 5.41 Å². The van der Waals surface area contributed by atoms with Gasteiger partial charge in [0.15, 0.2) is 0 Å². The summed E-state index contributed by atoms with van der Waals surface area (Å²) in [5, 5.41) is 4.08. The molecule has 0 saturated heterocycles. The Morgan fingerprint density at radius 3 is 2.73 bits per heavy atom. The van der Waals surface area contributed by atoms with Gasteiger partial charge in [-0.25, -0.2) is 0 Å². The van der Waals surface area contributed by atoms with Gasteiger partial charge in [0.05, 0.1) is 6.61 Å². The minimum Gasteiger partial charge on any atom is -0.465 e. The number of para-hydroxylation sites is 1. The number of fused-ring (bicyclic) bond motifs is 1. The molecule has 6 heteroatoms. The van der Waals surface area contributed by atoms with Crippen LogP contribution in [-0.4, -0.2) is 35.9 Å². The zero-order chi connectivity index (χ0) is 19.0. The molecule has 5 nitrogen and oxygen atoms in total. The number of carbonyl (C=O) groups is 2. The van der Waals surface area contributed by atoms with Crippen LogP contribution in [0.15, 0.2) is 30.5 Å². The Kier molecular flexibility index (Phi) is 7.51. The summed E-state index contributed by atoms with van der Waals surface area (Å²) in [4.78, 5) is 28.6. The molecular formula is C20H27ClN2O3. The third-order valence-electron chi connectivity index (χ3n) is 4.80. The largest absolute Gasteiger partial charge is 0.465 e. The van der Waals surface area contributed by atoms with Gasteiger partial charge in [-0.1, -0.05) is 25.1 Å². The number of hydrogen-bond donors (Lipinski definition) is 2. The normalized spacial score (nSPS) is 13.3. The number of halogens is 1. The number of ether oxygens (including phenoxy) is 1. The zero-order valence-electron chi connectivity index (χ0n) is 15.4. The lowest BCUT2D eigenvalue weighted by atomic mass is 9.79. The molecule has 1 heterocycles. The van der Waals surface area contributed by atoms with Gasteiger partial charge in [0.1, 0.15) is 5.41 Å². The van der Waals surface area contributed by atoms with Crippen molar-refractivity contribution < 1.29 is 14.3 Å².